The van der Waals surface area contributed by atoms with E-state index in [0.717, 1.165) is 48.0 Å². The highest BCUT2D eigenvalue weighted by Crippen LogP contribution is 2.33. The largest absolute Gasteiger partial charge is 0.484 e. The average molecular weight is 381 g/mol. The van der Waals surface area contributed by atoms with Gasteiger partial charge in [0, 0.05) is 41.3 Å². The lowest BCUT2D eigenvalue weighted by Crippen LogP contribution is -2.38. The molecule has 0 atom stereocenters. The maximum atomic E-state index is 12.3. The van der Waals surface area contributed by atoms with Crippen molar-refractivity contribution in [2.24, 2.45) is 0 Å². The second kappa shape index (κ2) is 7.97. The molecule has 3 aromatic rings. The zero-order valence-corrected chi connectivity index (χ0v) is 15.8. The number of ether oxygens (including phenoxy) is 1. The third kappa shape index (κ3) is 3.91. The maximum Gasteiger partial charge on any atom is 0.260 e. The van der Waals surface area contributed by atoms with E-state index in [2.05, 4.69) is 4.98 Å². The standard InChI is InChI=1S/C22H21ClN2O2/c23-20-7-3-2-6-18(20)17-10-11-24-21-14-16(8-9-19(17)21)27-15-22(26)25-12-4-1-5-13-25/h2-3,6-11,14H,1,4-5,12-13,15H2. The third-order valence-corrected chi connectivity index (χ3v) is 5.28. The molecule has 1 aromatic heterocycles. The molecule has 1 fully saturated rings. The summed E-state index contributed by atoms with van der Waals surface area (Å²) in [6.45, 7) is 1.74. The molecule has 2 heterocycles. The minimum Gasteiger partial charge on any atom is -0.484 e. The van der Waals surface area contributed by atoms with Gasteiger partial charge in [0.25, 0.3) is 5.91 Å². The van der Waals surface area contributed by atoms with E-state index in [0.29, 0.717) is 10.8 Å². The van der Waals surface area contributed by atoms with Crippen LogP contribution in [0.25, 0.3) is 22.0 Å². The summed E-state index contributed by atoms with van der Waals surface area (Å²) in [5.41, 5.74) is 2.82. The van der Waals surface area contributed by atoms with Gasteiger partial charge in [0.2, 0.25) is 0 Å². The first kappa shape index (κ1) is 17.8. The van der Waals surface area contributed by atoms with E-state index in [-0.39, 0.29) is 12.5 Å². The van der Waals surface area contributed by atoms with E-state index in [9.17, 15) is 4.79 Å². The molecule has 1 saturated heterocycles. The Kier molecular flexibility index (Phi) is 5.26. The zero-order valence-electron chi connectivity index (χ0n) is 15.0. The van der Waals surface area contributed by atoms with Crippen LogP contribution in [0.5, 0.6) is 5.75 Å². The van der Waals surface area contributed by atoms with Crippen LogP contribution in [0.4, 0.5) is 0 Å². The van der Waals surface area contributed by atoms with Crippen molar-refractivity contribution in [1.29, 1.82) is 0 Å². The van der Waals surface area contributed by atoms with Crippen LogP contribution in [0, 0.1) is 0 Å². The Morgan fingerprint density at radius 1 is 1.04 bits per heavy atom. The number of rotatable bonds is 4. The molecule has 0 unspecified atom stereocenters. The molecule has 4 rings (SSSR count). The Labute approximate surface area is 163 Å². The normalized spacial score (nSPS) is 14.3. The summed E-state index contributed by atoms with van der Waals surface area (Å²) in [7, 11) is 0. The van der Waals surface area contributed by atoms with Gasteiger partial charge < -0.3 is 9.64 Å². The number of hydrogen-bond acceptors (Lipinski definition) is 3. The van der Waals surface area contributed by atoms with Crippen molar-refractivity contribution in [2.45, 2.75) is 19.3 Å². The van der Waals surface area contributed by atoms with Crippen LogP contribution in [0.1, 0.15) is 19.3 Å². The van der Waals surface area contributed by atoms with Gasteiger partial charge in [-0.15, -0.1) is 0 Å². The number of aromatic nitrogens is 1. The first-order chi connectivity index (χ1) is 13.2. The van der Waals surface area contributed by atoms with Crippen molar-refractivity contribution in [3.63, 3.8) is 0 Å². The van der Waals surface area contributed by atoms with Crippen molar-refractivity contribution in [3.8, 4) is 16.9 Å². The van der Waals surface area contributed by atoms with Gasteiger partial charge in [-0.05, 0) is 49.1 Å². The highest BCUT2D eigenvalue weighted by atomic mass is 35.5. The first-order valence-electron chi connectivity index (χ1n) is 9.26. The predicted octanol–water partition coefficient (Wildman–Crippen LogP) is 4.95. The number of benzene rings is 2. The molecule has 0 bridgehead atoms. The lowest BCUT2D eigenvalue weighted by atomic mass is 10.0. The molecule has 1 aliphatic heterocycles. The van der Waals surface area contributed by atoms with Crippen LogP contribution in [0.2, 0.25) is 5.02 Å². The smallest absolute Gasteiger partial charge is 0.260 e. The number of hydrogen-bond donors (Lipinski definition) is 0. The van der Waals surface area contributed by atoms with E-state index in [1.807, 2.05) is 53.4 Å². The van der Waals surface area contributed by atoms with Gasteiger partial charge in [-0.2, -0.15) is 0 Å². The van der Waals surface area contributed by atoms with Crippen LogP contribution in [0.3, 0.4) is 0 Å². The SMILES string of the molecule is O=C(COc1ccc2c(-c3ccccc3Cl)ccnc2c1)N1CCCCC1. The van der Waals surface area contributed by atoms with E-state index in [1.165, 1.54) is 6.42 Å². The highest BCUT2D eigenvalue weighted by Gasteiger charge is 2.17. The number of halogens is 1. The maximum absolute atomic E-state index is 12.3. The zero-order chi connectivity index (χ0) is 18.6. The van der Waals surface area contributed by atoms with Gasteiger partial charge >= 0.3 is 0 Å². The molecule has 5 heteroatoms. The fourth-order valence-electron chi connectivity index (χ4n) is 3.51. The molecule has 138 valence electrons. The first-order valence-corrected chi connectivity index (χ1v) is 9.64. The van der Waals surface area contributed by atoms with Crippen LogP contribution >= 0.6 is 11.6 Å². The van der Waals surface area contributed by atoms with Crippen molar-refractivity contribution in [3.05, 3.63) is 59.8 Å². The molecule has 0 spiro atoms. The summed E-state index contributed by atoms with van der Waals surface area (Å²) >= 11 is 6.36. The lowest BCUT2D eigenvalue weighted by molar-refractivity contribution is -0.134. The van der Waals surface area contributed by atoms with Crippen LogP contribution in [-0.2, 0) is 4.79 Å². The topological polar surface area (TPSA) is 42.4 Å². The van der Waals surface area contributed by atoms with Gasteiger partial charge in [0.05, 0.1) is 5.52 Å². The highest BCUT2D eigenvalue weighted by molar-refractivity contribution is 6.33. The van der Waals surface area contributed by atoms with Crippen molar-refractivity contribution in [2.75, 3.05) is 19.7 Å². The minimum absolute atomic E-state index is 0.0487. The van der Waals surface area contributed by atoms with E-state index in [1.54, 1.807) is 6.20 Å². The van der Waals surface area contributed by atoms with Crippen LogP contribution in [0.15, 0.2) is 54.7 Å². The molecule has 0 N–H and O–H groups in total. The molecule has 0 saturated carbocycles. The average Bonchev–Trinajstić information content (AvgIpc) is 2.72. The van der Waals surface area contributed by atoms with Gasteiger partial charge in [0.15, 0.2) is 6.61 Å². The Morgan fingerprint density at radius 2 is 1.85 bits per heavy atom. The third-order valence-electron chi connectivity index (χ3n) is 4.95. The Morgan fingerprint density at radius 3 is 2.67 bits per heavy atom. The molecule has 0 radical (unpaired) electrons. The van der Waals surface area contributed by atoms with Gasteiger partial charge in [-0.3, -0.25) is 9.78 Å². The van der Waals surface area contributed by atoms with E-state index < -0.39 is 0 Å². The van der Waals surface area contributed by atoms with Gasteiger partial charge in [-0.25, -0.2) is 0 Å². The predicted molar refractivity (Wildman–Crippen MR) is 108 cm³/mol. The lowest BCUT2D eigenvalue weighted by Gasteiger charge is -2.26. The number of nitrogens with zero attached hydrogens (tertiary/aromatic N) is 2. The summed E-state index contributed by atoms with van der Waals surface area (Å²) in [6.07, 6.45) is 5.13. The number of likely N-dealkylation sites (tertiary alicyclic amines) is 1. The van der Waals surface area contributed by atoms with Crippen molar-refractivity contribution in [1.82, 2.24) is 9.88 Å². The van der Waals surface area contributed by atoms with E-state index in [4.69, 9.17) is 16.3 Å². The van der Waals surface area contributed by atoms with Gasteiger partial charge in [0.1, 0.15) is 5.75 Å². The summed E-state index contributed by atoms with van der Waals surface area (Å²) < 4.78 is 5.74. The summed E-state index contributed by atoms with van der Waals surface area (Å²) in [5.74, 6) is 0.698. The molecule has 0 aliphatic carbocycles. The fourth-order valence-corrected chi connectivity index (χ4v) is 3.75. The second-order valence-electron chi connectivity index (χ2n) is 6.75. The molecular formula is C22H21ClN2O2. The Balaban J connectivity index is 1.55. The van der Waals surface area contributed by atoms with Crippen LogP contribution < -0.4 is 4.74 Å². The number of carbonyl (C=O) groups excluding carboxylic acids is 1. The number of carbonyl (C=O) groups is 1. The monoisotopic (exact) mass is 380 g/mol. The quantitative estimate of drug-likeness (QED) is 0.643. The Bertz CT molecular complexity index is 967. The molecule has 2 aromatic carbocycles. The molecule has 27 heavy (non-hydrogen) atoms. The second-order valence-corrected chi connectivity index (χ2v) is 7.15. The number of fused-ring (bicyclic) bond motifs is 1. The molecule has 4 nitrogen and oxygen atoms in total. The summed E-state index contributed by atoms with van der Waals surface area (Å²) in [4.78, 5) is 18.6. The summed E-state index contributed by atoms with van der Waals surface area (Å²) in [6, 6.07) is 15.5. The number of piperidine rings is 1. The van der Waals surface area contributed by atoms with Gasteiger partial charge in [-0.1, -0.05) is 29.8 Å². The minimum atomic E-state index is 0.0487. The van der Waals surface area contributed by atoms with Crippen molar-refractivity contribution >= 4 is 28.4 Å². The van der Waals surface area contributed by atoms with Crippen molar-refractivity contribution < 1.29 is 9.53 Å². The van der Waals surface area contributed by atoms with E-state index >= 15 is 0 Å². The summed E-state index contributed by atoms with van der Waals surface area (Å²) in [5, 5.41) is 1.71. The Hall–Kier alpha value is -2.59. The fraction of sp³-hybridized carbons (Fsp3) is 0.273. The molecule has 1 amide bonds. The number of amides is 1. The number of pyridine rings is 1. The van der Waals surface area contributed by atoms with Crippen LogP contribution in [-0.4, -0.2) is 35.5 Å². The molecular weight excluding hydrogens is 360 g/mol. The molecule has 1 aliphatic rings.